The molecule has 2 aliphatic rings. The second-order valence-corrected chi connectivity index (χ2v) is 10.7. The van der Waals surface area contributed by atoms with Gasteiger partial charge in [0.2, 0.25) is 5.95 Å². The Kier molecular flexibility index (Phi) is 8.59. The van der Waals surface area contributed by atoms with Crippen molar-refractivity contribution in [2.24, 2.45) is 0 Å². The van der Waals surface area contributed by atoms with E-state index in [1.807, 2.05) is 26.1 Å². The molecule has 3 aromatic rings. The molecule has 0 bridgehead atoms. The van der Waals surface area contributed by atoms with E-state index in [4.69, 9.17) is 9.72 Å². The fraction of sp³-hybridized carbons (Fsp3) is 0.538. The fourth-order valence-corrected chi connectivity index (χ4v) is 5.57. The lowest BCUT2D eigenvalue weighted by Crippen LogP contribution is -2.48. The summed E-state index contributed by atoms with van der Waals surface area (Å²) in [5.41, 5.74) is 2.68. The number of ether oxygens (including phenoxy) is 1. The van der Waals surface area contributed by atoms with E-state index in [2.05, 4.69) is 35.5 Å². The van der Waals surface area contributed by atoms with Crippen LogP contribution in [0.15, 0.2) is 24.7 Å². The van der Waals surface area contributed by atoms with Gasteiger partial charge in [0, 0.05) is 50.7 Å². The van der Waals surface area contributed by atoms with Crippen LogP contribution >= 0.6 is 11.3 Å². The molecule has 2 N–H and O–H groups in total. The Bertz CT molecular complexity index is 1210. The first-order valence-electron chi connectivity index (χ1n) is 13.4. The van der Waals surface area contributed by atoms with E-state index in [1.165, 1.54) is 43.4 Å². The Labute approximate surface area is 227 Å². The van der Waals surface area contributed by atoms with Crippen LogP contribution in [0.25, 0.3) is 10.6 Å². The van der Waals surface area contributed by atoms with Crippen molar-refractivity contribution in [1.82, 2.24) is 34.7 Å². The van der Waals surface area contributed by atoms with Crippen molar-refractivity contribution in [3.05, 3.63) is 36.0 Å². The second-order valence-electron chi connectivity index (χ2n) is 9.71. The van der Waals surface area contributed by atoms with Gasteiger partial charge in [0.25, 0.3) is 0 Å². The van der Waals surface area contributed by atoms with Gasteiger partial charge in [-0.2, -0.15) is 0 Å². The normalized spacial score (nSPS) is 16.8. The standard InChI is InChI=1S/C26H35N9O2S/c1-3-37-26(36)35-11-9-34(10-12-35)17-20-14-28-23(16-27-20)33-25-29-15-22(38-25)21-13-18(2)30-24(32-21)31-19-7-5-4-6-8-19/h13-16,19H,3-12,17H2,1-2H3,(H,28,29,33)(H,30,31,32). The molecule has 5 rings (SSSR count). The highest BCUT2D eigenvalue weighted by atomic mass is 32.1. The molecule has 202 valence electrons. The SMILES string of the molecule is CCOC(=O)N1CCN(Cc2cnc(Nc3ncc(-c4cc(C)nc(NC5CCCCC5)n4)s3)cn2)CC1. The maximum absolute atomic E-state index is 11.9. The quantitative estimate of drug-likeness (QED) is 0.426. The van der Waals surface area contributed by atoms with Crippen LogP contribution < -0.4 is 10.6 Å². The average molecular weight is 538 g/mol. The number of amides is 1. The van der Waals surface area contributed by atoms with Gasteiger partial charge in [-0.1, -0.05) is 30.6 Å². The van der Waals surface area contributed by atoms with Crippen molar-refractivity contribution in [3.63, 3.8) is 0 Å². The maximum Gasteiger partial charge on any atom is 0.409 e. The molecule has 0 unspecified atom stereocenters. The number of aromatic nitrogens is 5. The number of nitrogens with zero attached hydrogens (tertiary/aromatic N) is 7. The summed E-state index contributed by atoms with van der Waals surface area (Å²) in [6, 6.07) is 2.44. The van der Waals surface area contributed by atoms with E-state index < -0.39 is 0 Å². The first kappa shape index (κ1) is 26.2. The molecule has 1 saturated carbocycles. The predicted molar refractivity (Wildman–Crippen MR) is 148 cm³/mol. The Hall–Kier alpha value is -3.38. The minimum atomic E-state index is -0.237. The van der Waals surface area contributed by atoms with Crippen LogP contribution in [0, 0.1) is 6.92 Å². The van der Waals surface area contributed by atoms with E-state index in [0.717, 1.165) is 40.2 Å². The molecule has 11 nitrogen and oxygen atoms in total. The number of hydrogen-bond acceptors (Lipinski definition) is 11. The number of carbonyl (C=O) groups excluding carboxylic acids is 1. The maximum atomic E-state index is 11.9. The van der Waals surface area contributed by atoms with E-state index in [0.29, 0.717) is 44.0 Å². The smallest absolute Gasteiger partial charge is 0.409 e. The lowest BCUT2D eigenvalue weighted by Gasteiger charge is -2.33. The van der Waals surface area contributed by atoms with Gasteiger partial charge in [-0.3, -0.25) is 9.88 Å². The number of rotatable bonds is 8. The molecule has 3 aromatic heterocycles. The number of hydrogen-bond donors (Lipinski definition) is 2. The highest BCUT2D eigenvalue weighted by Crippen LogP contribution is 2.30. The lowest BCUT2D eigenvalue weighted by molar-refractivity contribution is 0.0775. The monoisotopic (exact) mass is 537 g/mol. The van der Waals surface area contributed by atoms with Crippen LogP contribution in [0.1, 0.15) is 50.4 Å². The van der Waals surface area contributed by atoms with E-state index in [1.54, 1.807) is 17.3 Å². The summed E-state index contributed by atoms with van der Waals surface area (Å²) < 4.78 is 5.09. The number of nitrogens with one attached hydrogen (secondary N) is 2. The number of anilines is 3. The Morgan fingerprint density at radius 3 is 2.61 bits per heavy atom. The molecule has 0 radical (unpaired) electrons. The van der Waals surface area contributed by atoms with Crippen molar-refractivity contribution >= 4 is 34.3 Å². The van der Waals surface area contributed by atoms with Gasteiger partial charge in [-0.15, -0.1) is 0 Å². The third-order valence-corrected chi connectivity index (χ3v) is 7.71. The molecule has 0 aromatic carbocycles. The van der Waals surface area contributed by atoms with E-state index >= 15 is 0 Å². The van der Waals surface area contributed by atoms with Gasteiger partial charge in [0.05, 0.1) is 35.3 Å². The van der Waals surface area contributed by atoms with Gasteiger partial charge in [-0.05, 0) is 32.8 Å². The summed E-state index contributed by atoms with van der Waals surface area (Å²) in [6.45, 7) is 7.78. The molecular weight excluding hydrogens is 502 g/mol. The van der Waals surface area contributed by atoms with Crippen molar-refractivity contribution in [1.29, 1.82) is 0 Å². The third kappa shape index (κ3) is 6.93. The summed E-state index contributed by atoms with van der Waals surface area (Å²) in [5, 5.41) is 7.51. The number of thiazole rings is 1. The van der Waals surface area contributed by atoms with Crippen LogP contribution in [0.5, 0.6) is 0 Å². The Morgan fingerprint density at radius 1 is 1.05 bits per heavy atom. The third-order valence-electron chi connectivity index (χ3n) is 6.77. The first-order chi connectivity index (χ1) is 18.6. The zero-order chi connectivity index (χ0) is 26.3. The summed E-state index contributed by atoms with van der Waals surface area (Å²) >= 11 is 1.52. The molecule has 1 aliphatic carbocycles. The Morgan fingerprint density at radius 2 is 1.87 bits per heavy atom. The van der Waals surface area contributed by atoms with Gasteiger partial charge >= 0.3 is 6.09 Å². The highest BCUT2D eigenvalue weighted by molar-refractivity contribution is 7.18. The fourth-order valence-electron chi connectivity index (χ4n) is 4.78. The Balaban J connectivity index is 1.15. The zero-order valence-electron chi connectivity index (χ0n) is 22.0. The van der Waals surface area contributed by atoms with Gasteiger partial charge < -0.3 is 20.3 Å². The van der Waals surface area contributed by atoms with Crippen molar-refractivity contribution in [3.8, 4) is 10.6 Å². The molecule has 1 saturated heterocycles. The molecule has 4 heterocycles. The van der Waals surface area contributed by atoms with Crippen LogP contribution in [-0.2, 0) is 11.3 Å². The summed E-state index contributed by atoms with van der Waals surface area (Å²) in [6.07, 6.45) is 11.3. The largest absolute Gasteiger partial charge is 0.450 e. The molecular formula is C26H35N9O2S. The molecule has 12 heteroatoms. The predicted octanol–water partition coefficient (Wildman–Crippen LogP) is 4.46. The van der Waals surface area contributed by atoms with Crippen LogP contribution in [0.3, 0.4) is 0 Å². The minimum absolute atomic E-state index is 0.237. The van der Waals surface area contributed by atoms with Crippen LogP contribution in [-0.4, -0.2) is 79.6 Å². The van der Waals surface area contributed by atoms with Gasteiger partial charge in [0.15, 0.2) is 10.9 Å². The number of carbonyl (C=O) groups is 1. The summed E-state index contributed by atoms with van der Waals surface area (Å²) in [5.74, 6) is 1.33. The van der Waals surface area contributed by atoms with Crippen molar-refractivity contribution in [2.75, 3.05) is 43.4 Å². The molecule has 0 spiro atoms. The summed E-state index contributed by atoms with van der Waals surface area (Å²) in [7, 11) is 0. The minimum Gasteiger partial charge on any atom is -0.450 e. The second kappa shape index (κ2) is 12.4. The van der Waals surface area contributed by atoms with Crippen LogP contribution in [0.2, 0.25) is 0 Å². The van der Waals surface area contributed by atoms with Crippen molar-refractivity contribution in [2.45, 2.75) is 58.5 Å². The number of piperazine rings is 1. The average Bonchev–Trinajstić information content (AvgIpc) is 3.39. The lowest BCUT2D eigenvalue weighted by atomic mass is 9.96. The molecule has 0 atom stereocenters. The summed E-state index contributed by atoms with van der Waals surface area (Å²) in [4.78, 5) is 39.8. The first-order valence-corrected chi connectivity index (χ1v) is 14.2. The zero-order valence-corrected chi connectivity index (χ0v) is 22.8. The van der Waals surface area contributed by atoms with E-state index in [9.17, 15) is 4.79 Å². The molecule has 1 aliphatic heterocycles. The topological polar surface area (TPSA) is 121 Å². The van der Waals surface area contributed by atoms with Gasteiger partial charge in [0.1, 0.15) is 0 Å². The van der Waals surface area contributed by atoms with Gasteiger partial charge in [-0.25, -0.2) is 24.7 Å². The molecule has 1 amide bonds. The van der Waals surface area contributed by atoms with E-state index in [-0.39, 0.29) is 6.09 Å². The highest BCUT2D eigenvalue weighted by Gasteiger charge is 2.22. The molecule has 38 heavy (non-hydrogen) atoms. The number of aryl methyl sites for hydroxylation is 1. The molecule has 2 fully saturated rings. The van der Waals surface area contributed by atoms with Crippen LogP contribution in [0.4, 0.5) is 21.7 Å². The van der Waals surface area contributed by atoms with Crippen molar-refractivity contribution < 1.29 is 9.53 Å².